The van der Waals surface area contributed by atoms with Crippen molar-refractivity contribution in [2.75, 3.05) is 38.0 Å². The van der Waals surface area contributed by atoms with Crippen molar-refractivity contribution in [3.05, 3.63) is 66.4 Å². The molecule has 0 bridgehead atoms. The molecule has 2 heterocycles. The molecule has 4 nitrogen and oxygen atoms in total. The van der Waals surface area contributed by atoms with E-state index in [-0.39, 0.29) is 0 Å². The van der Waals surface area contributed by atoms with E-state index in [2.05, 4.69) is 81.3 Å². The minimum absolute atomic E-state index is 0.595. The van der Waals surface area contributed by atoms with E-state index < -0.39 is 0 Å². The summed E-state index contributed by atoms with van der Waals surface area (Å²) < 4.78 is 0. The fourth-order valence-corrected chi connectivity index (χ4v) is 3.90. The zero-order valence-electron chi connectivity index (χ0n) is 15.2. The third-order valence-electron chi connectivity index (χ3n) is 5.31. The summed E-state index contributed by atoms with van der Waals surface area (Å²) in [6, 6.07) is 19.9. The lowest BCUT2D eigenvalue weighted by Crippen LogP contribution is -2.52. The van der Waals surface area contributed by atoms with Crippen LogP contribution in [0.3, 0.4) is 0 Å². The first-order valence-corrected chi connectivity index (χ1v) is 9.69. The Morgan fingerprint density at radius 3 is 2.81 bits per heavy atom. The van der Waals surface area contributed by atoms with Crippen molar-refractivity contribution in [1.29, 1.82) is 0 Å². The molecule has 1 fully saturated rings. The Bertz CT molecular complexity index is 811. The maximum Gasteiger partial charge on any atom is 0.111 e. The third-order valence-corrected chi connectivity index (χ3v) is 5.31. The van der Waals surface area contributed by atoms with Gasteiger partial charge in [0, 0.05) is 55.7 Å². The summed E-state index contributed by atoms with van der Waals surface area (Å²) in [5.41, 5.74) is 1.43. The first-order valence-electron chi connectivity index (χ1n) is 9.69. The smallest absolute Gasteiger partial charge is 0.111 e. The Labute approximate surface area is 155 Å². The van der Waals surface area contributed by atoms with E-state index in [4.69, 9.17) is 0 Å². The van der Waals surface area contributed by atoms with Crippen LogP contribution in [0.15, 0.2) is 60.8 Å². The predicted molar refractivity (Wildman–Crippen MR) is 110 cm³/mol. The summed E-state index contributed by atoms with van der Waals surface area (Å²) in [5.74, 6) is 1.14. The molecule has 0 saturated carbocycles. The van der Waals surface area contributed by atoms with Crippen LogP contribution in [0.1, 0.15) is 12.0 Å². The summed E-state index contributed by atoms with van der Waals surface area (Å²) in [6.45, 7) is 5.46. The summed E-state index contributed by atoms with van der Waals surface area (Å²) >= 11 is 0. The van der Waals surface area contributed by atoms with Crippen molar-refractivity contribution in [3.63, 3.8) is 0 Å². The number of hydrogen-bond donors (Lipinski definition) is 3. The number of aromatic amines is 1. The van der Waals surface area contributed by atoms with Crippen molar-refractivity contribution in [1.82, 2.24) is 15.2 Å². The number of aromatic nitrogens is 1. The van der Waals surface area contributed by atoms with Gasteiger partial charge in [-0.05, 0) is 18.4 Å². The first-order chi connectivity index (χ1) is 12.9. The Morgan fingerprint density at radius 1 is 1.04 bits per heavy atom. The predicted octanol–water partition coefficient (Wildman–Crippen LogP) is 3.49. The van der Waals surface area contributed by atoms with Gasteiger partial charge in [-0.1, -0.05) is 54.6 Å². The van der Waals surface area contributed by atoms with Crippen molar-refractivity contribution in [2.45, 2.75) is 18.9 Å². The standard InChI is InChI=1S/C22H28N4/c1-2-7-18(8-3-1)15-20-17-23-12-14-26(20)13-6-11-24-22-21-10-5-4-9-19(21)16-25-22/h1-5,7-10,16,20,23-25H,6,11-15,17H2. The van der Waals surface area contributed by atoms with Crippen molar-refractivity contribution >= 4 is 16.6 Å². The molecule has 136 valence electrons. The summed E-state index contributed by atoms with van der Waals surface area (Å²) in [4.78, 5) is 6.01. The number of nitrogens with one attached hydrogen (secondary N) is 3. The number of H-pyrrole nitrogens is 1. The number of nitrogens with zero attached hydrogens (tertiary/aromatic N) is 1. The molecule has 2 aromatic carbocycles. The molecule has 1 atom stereocenters. The lowest BCUT2D eigenvalue weighted by atomic mass is 10.0. The van der Waals surface area contributed by atoms with E-state index in [0.717, 1.165) is 51.4 Å². The molecule has 1 aliphatic rings. The van der Waals surface area contributed by atoms with Gasteiger partial charge in [0.05, 0.1) is 0 Å². The van der Waals surface area contributed by atoms with E-state index in [9.17, 15) is 0 Å². The number of piperazine rings is 1. The topological polar surface area (TPSA) is 43.1 Å². The fraction of sp³-hybridized carbons (Fsp3) is 0.364. The SMILES string of the molecule is c1ccc(CC2CNCCN2CCCNc2[nH]cc3ccccc23)cc1. The van der Waals surface area contributed by atoms with Crippen LogP contribution in [0.4, 0.5) is 5.82 Å². The Hall–Kier alpha value is -2.30. The van der Waals surface area contributed by atoms with E-state index in [1.165, 1.54) is 16.3 Å². The molecule has 1 aromatic heterocycles. The van der Waals surface area contributed by atoms with Crippen molar-refractivity contribution < 1.29 is 0 Å². The number of hydrogen-bond acceptors (Lipinski definition) is 3. The molecule has 1 aliphatic heterocycles. The summed E-state index contributed by atoms with van der Waals surface area (Å²) in [6.07, 6.45) is 4.35. The van der Waals surface area contributed by atoms with Gasteiger partial charge in [0.15, 0.2) is 0 Å². The average Bonchev–Trinajstić information content (AvgIpc) is 3.10. The van der Waals surface area contributed by atoms with Gasteiger partial charge in [0.2, 0.25) is 0 Å². The minimum atomic E-state index is 0.595. The van der Waals surface area contributed by atoms with Gasteiger partial charge in [-0.3, -0.25) is 4.90 Å². The minimum Gasteiger partial charge on any atom is -0.371 e. The first kappa shape index (κ1) is 17.1. The highest BCUT2D eigenvalue weighted by molar-refractivity contribution is 5.92. The molecule has 3 N–H and O–H groups in total. The molecule has 26 heavy (non-hydrogen) atoms. The molecule has 0 amide bonds. The zero-order valence-corrected chi connectivity index (χ0v) is 15.2. The van der Waals surface area contributed by atoms with Crippen molar-refractivity contribution in [3.8, 4) is 0 Å². The van der Waals surface area contributed by atoms with Gasteiger partial charge >= 0.3 is 0 Å². The van der Waals surface area contributed by atoms with Crippen LogP contribution in [0.2, 0.25) is 0 Å². The van der Waals surface area contributed by atoms with Crippen LogP contribution in [0.25, 0.3) is 10.8 Å². The van der Waals surface area contributed by atoms with Crippen LogP contribution in [-0.2, 0) is 6.42 Å². The quantitative estimate of drug-likeness (QED) is 0.573. The number of anilines is 1. The van der Waals surface area contributed by atoms with Gasteiger partial charge < -0.3 is 15.6 Å². The fourth-order valence-electron chi connectivity index (χ4n) is 3.90. The zero-order chi connectivity index (χ0) is 17.6. The van der Waals surface area contributed by atoms with Gasteiger partial charge in [-0.25, -0.2) is 0 Å². The molecule has 0 aliphatic carbocycles. The monoisotopic (exact) mass is 348 g/mol. The summed E-state index contributed by atoms with van der Waals surface area (Å²) in [7, 11) is 0. The molecule has 4 heteroatoms. The van der Waals surface area contributed by atoms with Crippen molar-refractivity contribution in [2.24, 2.45) is 0 Å². The van der Waals surface area contributed by atoms with E-state index in [1.54, 1.807) is 0 Å². The third kappa shape index (κ3) is 4.09. The Morgan fingerprint density at radius 2 is 1.88 bits per heavy atom. The van der Waals surface area contributed by atoms with E-state index >= 15 is 0 Å². The number of rotatable bonds is 7. The molecule has 1 unspecified atom stereocenters. The van der Waals surface area contributed by atoms with Crippen LogP contribution in [0, 0.1) is 0 Å². The highest BCUT2D eigenvalue weighted by atomic mass is 15.2. The number of benzene rings is 2. The largest absolute Gasteiger partial charge is 0.371 e. The van der Waals surface area contributed by atoms with E-state index in [0.29, 0.717) is 6.04 Å². The molecule has 0 radical (unpaired) electrons. The van der Waals surface area contributed by atoms with Crippen LogP contribution >= 0.6 is 0 Å². The second kappa shape index (κ2) is 8.39. The molecule has 1 saturated heterocycles. The van der Waals surface area contributed by atoms with Gasteiger partial charge in [0.25, 0.3) is 0 Å². The lowest BCUT2D eigenvalue weighted by molar-refractivity contribution is 0.160. The molecule has 4 rings (SSSR count). The van der Waals surface area contributed by atoms with Crippen LogP contribution < -0.4 is 10.6 Å². The second-order valence-corrected chi connectivity index (χ2v) is 7.11. The molecule has 3 aromatic rings. The molecular weight excluding hydrogens is 320 g/mol. The van der Waals surface area contributed by atoms with Gasteiger partial charge in [0.1, 0.15) is 5.82 Å². The van der Waals surface area contributed by atoms with Gasteiger partial charge in [-0.2, -0.15) is 0 Å². The highest BCUT2D eigenvalue weighted by Crippen LogP contribution is 2.21. The number of fused-ring (bicyclic) bond motifs is 1. The molecular formula is C22H28N4. The second-order valence-electron chi connectivity index (χ2n) is 7.11. The van der Waals surface area contributed by atoms with Crippen LogP contribution in [0.5, 0.6) is 0 Å². The lowest BCUT2D eigenvalue weighted by Gasteiger charge is -2.36. The Kier molecular flexibility index (Phi) is 5.53. The average molecular weight is 348 g/mol. The summed E-state index contributed by atoms with van der Waals surface area (Å²) in [5, 5.41) is 9.67. The maximum absolute atomic E-state index is 3.57. The highest BCUT2D eigenvalue weighted by Gasteiger charge is 2.21. The van der Waals surface area contributed by atoms with Crippen LogP contribution in [-0.4, -0.2) is 48.6 Å². The maximum atomic E-state index is 3.57. The Balaban J connectivity index is 1.28. The van der Waals surface area contributed by atoms with E-state index in [1.807, 2.05) is 0 Å². The van der Waals surface area contributed by atoms with Gasteiger partial charge in [-0.15, -0.1) is 0 Å². The molecule has 0 spiro atoms. The normalized spacial score (nSPS) is 18.2.